The summed E-state index contributed by atoms with van der Waals surface area (Å²) in [5.41, 5.74) is 10.6. The molecular weight excluding hydrogens is 278 g/mol. The van der Waals surface area contributed by atoms with Crippen LogP contribution in [0.5, 0.6) is 0 Å². The lowest BCUT2D eigenvalue weighted by molar-refractivity contribution is 0.593. The van der Waals surface area contributed by atoms with Crippen LogP contribution in [0.4, 0.5) is 0 Å². The van der Waals surface area contributed by atoms with Crippen LogP contribution in [0, 0.1) is 11.3 Å². The van der Waals surface area contributed by atoms with Gasteiger partial charge in [-0.05, 0) is 58.7 Å². The molecule has 2 aromatic carbocycles. The van der Waals surface area contributed by atoms with Crippen LogP contribution in [0.25, 0.3) is 11.1 Å². The number of benzene rings is 2. The Morgan fingerprint density at radius 1 is 0.957 bits per heavy atom. The number of hydrogen-bond acceptors (Lipinski definition) is 1. The molecule has 0 saturated heterocycles. The van der Waals surface area contributed by atoms with Gasteiger partial charge in [0.05, 0.1) is 6.07 Å². The molecule has 0 heterocycles. The summed E-state index contributed by atoms with van der Waals surface area (Å²) in [6, 6.07) is 15.8. The van der Waals surface area contributed by atoms with Gasteiger partial charge < -0.3 is 0 Å². The SMILES string of the molecule is CC1=C(C#N)Cc2c(ccc3c2CCc2ccccc2-3)C1(C)C. The van der Waals surface area contributed by atoms with Crippen LogP contribution < -0.4 is 0 Å². The molecule has 1 heteroatoms. The van der Waals surface area contributed by atoms with Crippen LogP contribution in [0.15, 0.2) is 47.5 Å². The average molecular weight is 299 g/mol. The van der Waals surface area contributed by atoms with Crippen molar-refractivity contribution in [2.24, 2.45) is 0 Å². The Hall–Kier alpha value is -2.33. The zero-order valence-corrected chi connectivity index (χ0v) is 14.0. The van der Waals surface area contributed by atoms with Gasteiger partial charge in [-0.1, -0.05) is 50.2 Å². The Kier molecular flexibility index (Phi) is 3.00. The molecular formula is C22H21N. The number of nitriles is 1. The smallest absolute Gasteiger partial charge is 0.0950 e. The Bertz CT molecular complexity index is 891. The highest BCUT2D eigenvalue weighted by Crippen LogP contribution is 2.45. The van der Waals surface area contributed by atoms with Gasteiger partial charge in [-0.2, -0.15) is 5.26 Å². The Morgan fingerprint density at radius 2 is 1.74 bits per heavy atom. The molecule has 2 aliphatic rings. The maximum absolute atomic E-state index is 9.57. The first-order chi connectivity index (χ1) is 11.0. The summed E-state index contributed by atoms with van der Waals surface area (Å²) in [6.07, 6.45) is 2.99. The molecule has 1 nitrogen and oxygen atoms in total. The number of allylic oxidation sites excluding steroid dienone is 2. The number of fused-ring (bicyclic) bond motifs is 5. The molecule has 4 rings (SSSR count). The summed E-state index contributed by atoms with van der Waals surface area (Å²) in [5, 5.41) is 9.57. The summed E-state index contributed by atoms with van der Waals surface area (Å²) < 4.78 is 0. The van der Waals surface area contributed by atoms with Crippen LogP contribution >= 0.6 is 0 Å². The van der Waals surface area contributed by atoms with E-state index in [0.717, 1.165) is 24.8 Å². The molecule has 0 amide bonds. The van der Waals surface area contributed by atoms with Crippen molar-refractivity contribution in [3.63, 3.8) is 0 Å². The summed E-state index contributed by atoms with van der Waals surface area (Å²) in [4.78, 5) is 0. The second-order valence-electron chi connectivity index (χ2n) is 7.29. The first kappa shape index (κ1) is 14.3. The van der Waals surface area contributed by atoms with E-state index < -0.39 is 0 Å². The third-order valence-corrected chi connectivity index (χ3v) is 5.94. The quantitative estimate of drug-likeness (QED) is 0.662. The number of hydrogen-bond donors (Lipinski definition) is 0. The maximum atomic E-state index is 9.57. The van der Waals surface area contributed by atoms with Crippen molar-refractivity contribution < 1.29 is 0 Å². The average Bonchev–Trinajstić information content (AvgIpc) is 2.57. The van der Waals surface area contributed by atoms with Gasteiger partial charge in [0.25, 0.3) is 0 Å². The molecule has 0 unspecified atom stereocenters. The predicted octanol–water partition coefficient (Wildman–Crippen LogP) is 5.13. The molecule has 23 heavy (non-hydrogen) atoms. The number of aryl methyl sites for hydroxylation is 1. The van der Waals surface area contributed by atoms with E-state index >= 15 is 0 Å². The predicted molar refractivity (Wildman–Crippen MR) is 94.3 cm³/mol. The molecule has 0 aliphatic heterocycles. The first-order valence-corrected chi connectivity index (χ1v) is 8.38. The van der Waals surface area contributed by atoms with Gasteiger partial charge in [-0.25, -0.2) is 0 Å². The van der Waals surface area contributed by atoms with Crippen molar-refractivity contribution in [2.75, 3.05) is 0 Å². The third-order valence-electron chi connectivity index (χ3n) is 5.94. The van der Waals surface area contributed by atoms with Crippen molar-refractivity contribution in [3.05, 3.63) is 69.8 Å². The van der Waals surface area contributed by atoms with Crippen LogP contribution in [0.3, 0.4) is 0 Å². The van der Waals surface area contributed by atoms with Gasteiger partial charge in [0.2, 0.25) is 0 Å². The Morgan fingerprint density at radius 3 is 2.52 bits per heavy atom. The lowest BCUT2D eigenvalue weighted by Crippen LogP contribution is -2.28. The van der Waals surface area contributed by atoms with E-state index in [1.807, 2.05) is 0 Å². The highest BCUT2D eigenvalue weighted by atomic mass is 14.4. The van der Waals surface area contributed by atoms with Crippen LogP contribution in [0.2, 0.25) is 0 Å². The fourth-order valence-electron chi connectivity index (χ4n) is 4.29. The Balaban J connectivity index is 1.98. The van der Waals surface area contributed by atoms with Crippen molar-refractivity contribution in [1.29, 1.82) is 5.26 Å². The number of rotatable bonds is 0. The van der Waals surface area contributed by atoms with E-state index in [9.17, 15) is 5.26 Å². The minimum atomic E-state index is -0.0510. The van der Waals surface area contributed by atoms with Crippen LogP contribution in [0.1, 0.15) is 43.0 Å². The fraction of sp³-hybridized carbons (Fsp3) is 0.318. The maximum Gasteiger partial charge on any atom is 0.0950 e. The van der Waals surface area contributed by atoms with Crippen molar-refractivity contribution in [1.82, 2.24) is 0 Å². The van der Waals surface area contributed by atoms with Gasteiger partial charge in [-0.15, -0.1) is 0 Å². The zero-order chi connectivity index (χ0) is 16.2. The zero-order valence-electron chi connectivity index (χ0n) is 14.0. The number of nitrogens with zero attached hydrogens (tertiary/aromatic N) is 1. The summed E-state index contributed by atoms with van der Waals surface area (Å²) in [5.74, 6) is 0. The molecule has 0 fully saturated rings. The minimum absolute atomic E-state index is 0.0510. The van der Waals surface area contributed by atoms with Crippen molar-refractivity contribution >= 4 is 0 Å². The molecule has 2 aliphatic carbocycles. The van der Waals surface area contributed by atoms with Crippen LogP contribution in [-0.2, 0) is 24.7 Å². The fourth-order valence-corrected chi connectivity index (χ4v) is 4.29. The topological polar surface area (TPSA) is 23.8 Å². The molecule has 114 valence electrons. The van der Waals surface area contributed by atoms with E-state index in [4.69, 9.17) is 0 Å². The second-order valence-corrected chi connectivity index (χ2v) is 7.29. The molecule has 0 N–H and O–H groups in total. The lowest BCUT2D eigenvalue weighted by atomic mass is 9.66. The van der Waals surface area contributed by atoms with E-state index in [-0.39, 0.29) is 5.41 Å². The molecule has 0 spiro atoms. The Labute approximate surface area is 138 Å². The molecule has 0 aromatic heterocycles. The molecule has 0 atom stereocenters. The standard InChI is InChI=1S/C22H21N/c1-14-16(13-23)12-20-19-9-8-15-6-4-5-7-17(15)18(19)10-11-21(20)22(14,2)3/h4-7,10-11H,8-9,12H2,1-3H3. The summed E-state index contributed by atoms with van der Waals surface area (Å²) >= 11 is 0. The summed E-state index contributed by atoms with van der Waals surface area (Å²) in [6.45, 7) is 6.62. The lowest BCUT2D eigenvalue weighted by Gasteiger charge is -2.37. The monoisotopic (exact) mass is 299 g/mol. The minimum Gasteiger partial charge on any atom is -0.193 e. The van der Waals surface area contributed by atoms with Crippen molar-refractivity contribution in [3.8, 4) is 17.2 Å². The summed E-state index contributed by atoms with van der Waals surface area (Å²) in [7, 11) is 0. The van der Waals surface area contributed by atoms with Gasteiger partial charge in [-0.3, -0.25) is 0 Å². The molecule has 2 aromatic rings. The van der Waals surface area contributed by atoms with E-state index in [1.165, 1.54) is 39.0 Å². The second kappa shape index (κ2) is 4.83. The normalized spacial score (nSPS) is 17.8. The van der Waals surface area contributed by atoms with Gasteiger partial charge in [0.1, 0.15) is 0 Å². The van der Waals surface area contributed by atoms with Crippen LogP contribution in [-0.4, -0.2) is 0 Å². The third kappa shape index (κ3) is 1.91. The molecule has 0 saturated carbocycles. The van der Waals surface area contributed by atoms with E-state index in [0.29, 0.717) is 0 Å². The molecule has 0 radical (unpaired) electrons. The van der Waals surface area contributed by atoms with Crippen molar-refractivity contribution in [2.45, 2.75) is 45.4 Å². The highest BCUT2D eigenvalue weighted by molar-refractivity contribution is 5.76. The largest absolute Gasteiger partial charge is 0.193 e. The van der Waals surface area contributed by atoms with Gasteiger partial charge in [0, 0.05) is 17.4 Å². The van der Waals surface area contributed by atoms with E-state index in [2.05, 4.69) is 63.2 Å². The van der Waals surface area contributed by atoms with Gasteiger partial charge >= 0.3 is 0 Å². The van der Waals surface area contributed by atoms with E-state index in [1.54, 1.807) is 0 Å². The molecule has 0 bridgehead atoms. The van der Waals surface area contributed by atoms with Gasteiger partial charge in [0.15, 0.2) is 0 Å². The first-order valence-electron chi connectivity index (χ1n) is 8.38. The highest BCUT2D eigenvalue weighted by Gasteiger charge is 2.34.